The van der Waals surface area contributed by atoms with Crippen LogP contribution in [0.4, 0.5) is 11.4 Å². The maximum absolute atomic E-state index is 10.9. The number of aliphatic hydroxyl groups is 1. The molecule has 156 valence electrons. The predicted octanol–water partition coefficient (Wildman–Crippen LogP) is 5.58. The number of aryl methyl sites for hydroxylation is 1. The van der Waals surface area contributed by atoms with Crippen molar-refractivity contribution in [1.82, 2.24) is 0 Å². The molecule has 0 saturated heterocycles. The Morgan fingerprint density at radius 3 is 2.13 bits per heavy atom. The van der Waals surface area contributed by atoms with Crippen LogP contribution in [0.1, 0.15) is 42.2 Å². The number of rotatable bonds is 9. The molecule has 3 aromatic rings. The van der Waals surface area contributed by atoms with E-state index in [9.17, 15) is 15.2 Å². The number of anilines is 1. The van der Waals surface area contributed by atoms with Gasteiger partial charge < -0.3 is 15.2 Å². The summed E-state index contributed by atoms with van der Waals surface area (Å²) in [6.07, 6.45) is -0.221. The maximum Gasteiger partial charge on any atom is 0.269 e. The average molecular weight is 406 g/mol. The predicted molar refractivity (Wildman–Crippen MR) is 118 cm³/mol. The van der Waals surface area contributed by atoms with Crippen LogP contribution in [0.3, 0.4) is 0 Å². The van der Waals surface area contributed by atoms with Crippen LogP contribution in [-0.4, -0.2) is 16.6 Å². The summed E-state index contributed by atoms with van der Waals surface area (Å²) in [6.45, 7) is 4.54. The van der Waals surface area contributed by atoms with Gasteiger partial charge in [-0.3, -0.25) is 10.1 Å². The van der Waals surface area contributed by atoms with Gasteiger partial charge in [-0.15, -0.1) is 0 Å². The van der Waals surface area contributed by atoms with Crippen molar-refractivity contribution in [2.24, 2.45) is 0 Å². The Labute approximate surface area is 176 Å². The average Bonchev–Trinajstić information content (AvgIpc) is 2.75. The molecule has 0 aliphatic rings. The number of non-ortho nitro benzene ring substituents is 1. The topological polar surface area (TPSA) is 84.6 Å². The first-order chi connectivity index (χ1) is 14.5. The zero-order valence-corrected chi connectivity index (χ0v) is 17.1. The van der Waals surface area contributed by atoms with Crippen LogP contribution in [0.15, 0.2) is 72.8 Å². The third-order valence-corrected chi connectivity index (χ3v) is 4.93. The highest BCUT2D eigenvalue weighted by atomic mass is 16.6. The van der Waals surface area contributed by atoms with Crippen molar-refractivity contribution in [3.05, 3.63) is 99.6 Å². The molecule has 2 N–H and O–H groups in total. The molecule has 0 bridgehead atoms. The third kappa shape index (κ3) is 5.58. The van der Waals surface area contributed by atoms with E-state index < -0.39 is 11.0 Å². The summed E-state index contributed by atoms with van der Waals surface area (Å²) in [5, 5.41) is 25.1. The Morgan fingerprint density at radius 1 is 0.967 bits per heavy atom. The molecule has 2 unspecified atom stereocenters. The molecule has 0 aliphatic heterocycles. The van der Waals surface area contributed by atoms with Gasteiger partial charge in [0, 0.05) is 24.2 Å². The minimum Gasteiger partial charge on any atom is -0.494 e. The molecular weight excluding hydrogens is 380 g/mol. The lowest BCUT2D eigenvalue weighted by Crippen LogP contribution is -2.15. The van der Waals surface area contributed by atoms with E-state index in [4.69, 9.17) is 4.74 Å². The minimum absolute atomic E-state index is 0.0397. The Balaban J connectivity index is 1.83. The monoisotopic (exact) mass is 406 g/mol. The van der Waals surface area contributed by atoms with Crippen LogP contribution in [0, 0.1) is 17.0 Å². The van der Waals surface area contributed by atoms with Gasteiger partial charge in [0.15, 0.2) is 0 Å². The molecule has 0 heterocycles. The van der Waals surface area contributed by atoms with Crippen LogP contribution in [0.2, 0.25) is 0 Å². The lowest BCUT2D eigenvalue weighted by Gasteiger charge is -2.24. The van der Waals surface area contributed by atoms with Crippen LogP contribution in [0.5, 0.6) is 5.75 Å². The summed E-state index contributed by atoms with van der Waals surface area (Å²) < 4.78 is 5.52. The van der Waals surface area contributed by atoms with E-state index in [2.05, 4.69) is 5.32 Å². The van der Waals surface area contributed by atoms with Gasteiger partial charge in [0.2, 0.25) is 0 Å². The van der Waals surface area contributed by atoms with Crippen molar-refractivity contribution in [2.45, 2.75) is 32.4 Å². The lowest BCUT2D eigenvalue weighted by molar-refractivity contribution is -0.384. The first kappa shape index (κ1) is 21.3. The Morgan fingerprint density at radius 2 is 1.57 bits per heavy atom. The fourth-order valence-electron chi connectivity index (χ4n) is 3.27. The number of hydrogen-bond acceptors (Lipinski definition) is 5. The van der Waals surface area contributed by atoms with Crippen molar-refractivity contribution in [3.63, 3.8) is 0 Å². The number of nitro benzene ring substituents is 1. The van der Waals surface area contributed by atoms with E-state index in [-0.39, 0.29) is 11.7 Å². The molecule has 30 heavy (non-hydrogen) atoms. The number of aliphatic hydroxyl groups excluding tert-OH is 1. The Kier molecular flexibility index (Phi) is 7.03. The third-order valence-electron chi connectivity index (χ3n) is 4.93. The van der Waals surface area contributed by atoms with Gasteiger partial charge in [-0.25, -0.2) is 0 Å². The number of hydrogen-bond donors (Lipinski definition) is 2. The van der Waals surface area contributed by atoms with Gasteiger partial charge in [0.05, 0.1) is 23.7 Å². The zero-order valence-electron chi connectivity index (χ0n) is 17.1. The van der Waals surface area contributed by atoms with Crippen molar-refractivity contribution in [2.75, 3.05) is 11.9 Å². The van der Waals surface area contributed by atoms with Crippen LogP contribution >= 0.6 is 0 Å². The van der Waals surface area contributed by atoms with E-state index in [0.29, 0.717) is 13.0 Å². The molecule has 0 fully saturated rings. The SMILES string of the molecule is CCOc1ccc(C(CC(O)c2ccc(C)cc2)Nc2ccc([N+](=O)[O-])cc2)cc1. The highest BCUT2D eigenvalue weighted by Crippen LogP contribution is 2.31. The molecule has 0 aromatic heterocycles. The lowest BCUT2D eigenvalue weighted by atomic mass is 9.96. The maximum atomic E-state index is 10.9. The fraction of sp³-hybridized carbons (Fsp3) is 0.250. The molecule has 0 amide bonds. The normalized spacial score (nSPS) is 12.8. The van der Waals surface area contributed by atoms with Crippen molar-refractivity contribution >= 4 is 11.4 Å². The first-order valence-electron chi connectivity index (χ1n) is 9.94. The second-order valence-electron chi connectivity index (χ2n) is 7.17. The molecule has 0 spiro atoms. The molecule has 0 radical (unpaired) electrons. The number of nitro groups is 1. The molecule has 2 atom stereocenters. The second kappa shape index (κ2) is 9.89. The molecule has 0 saturated carbocycles. The minimum atomic E-state index is -0.660. The van der Waals surface area contributed by atoms with Gasteiger partial charge in [-0.1, -0.05) is 42.0 Å². The molecular formula is C24H26N2O4. The highest BCUT2D eigenvalue weighted by Gasteiger charge is 2.19. The molecule has 6 heteroatoms. The van der Waals surface area contributed by atoms with Crippen molar-refractivity contribution in [1.29, 1.82) is 0 Å². The number of ether oxygens (including phenoxy) is 1. The summed E-state index contributed by atoms with van der Waals surface area (Å²) in [5.74, 6) is 0.786. The molecule has 3 aromatic carbocycles. The molecule has 6 nitrogen and oxygen atoms in total. The number of nitrogens with zero attached hydrogens (tertiary/aromatic N) is 1. The highest BCUT2D eigenvalue weighted by molar-refractivity contribution is 5.50. The van der Waals surface area contributed by atoms with Gasteiger partial charge in [0.1, 0.15) is 5.75 Å². The van der Waals surface area contributed by atoms with Crippen LogP contribution < -0.4 is 10.1 Å². The van der Waals surface area contributed by atoms with Crippen molar-refractivity contribution in [3.8, 4) is 5.75 Å². The van der Waals surface area contributed by atoms with E-state index >= 15 is 0 Å². The van der Waals surface area contributed by atoms with Crippen LogP contribution in [-0.2, 0) is 0 Å². The van der Waals surface area contributed by atoms with Crippen LogP contribution in [0.25, 0.3) is 0 Å². The quantitative estimate of drug-likeness (QED) is 0.358. The van der Waals surface area contributed by atoms with Gasteiger partial charge in [0.25, 0.3) is 5.69 Å². The summed E-state index contributed by atoms with van der Waals surface area (Å²) in [5.41, 5.74) is 3.76. The summed E-state index contributed by atoms with van der Waals surface area (Å²) in [6, 6.07) is 21.7. The van der Waals surface area contributed by atoms with E-state index in [0.717, 1.165) is 28.1 Å². The van der Waals surface area contributed by atoms with E-state index in [1.54, 1.807) is 12.1 Å². The standard InChI is InChI=1S/C24H26N2O4/c1-3-30-22-14-8-18(9-15-22)23(16-24(27)19-6-4-17(2)5-7-19)25-20-10-12-21(13-11-20)26(28)29/h4-15,23-25,27H,3,16H2,1-2H3. The molecule has 0 aliphatic carbocycles. The largest absolute Gasteiger partial charge is 0.494 e. The zero-order chi connectivity index (χ0) is 21.5. The van der Waals surface area contributed by atoms with Gasteiger partial charge in [-0.2, -0.15) is 0 Å². The summed E-state index contributed by atoms with van der Waals surface area (Å²) >= 11 is 0. The number of benzene rings is 3. The smallest absolute Gasteiger partial charge is 0.269 e. The second-order valence-corrected chi connectivity index (χ2v) is 7.17. The summed E-state index contributed by atoms with van der Waals surface area (Å²) in [4.78, 5) is 10.5. The summed E-state index contributed by atoms with van der Waals surface area (Å²) in [7, 11) is 0. The number of nitrogens with one attached hydrogen (secondary N) is 1. The Bertz CT molecular complexity index is 954. The molecule has 3 rings (SSSR count). The fourth-order valence-corrected chi connectivity index (χ4v) is 3.27. The van der Waals surface area contributed by atoms with Gasteiger partial charge >= 0.3 is 0 Å². The van der Waals surface area contributed by atoms with Gasteiger partial charge in [-0.05, 0) is 49.2 Å². The van der Waals surface area contributed by atoms with E-state index in [1.165, 1.54) is 12.1 Å². The first-order valence-corrected chi connectivity index (χ1v) is 9.94. The van der Waals surface area contributed by atoms with E-state index in [1.807, 2.05) is 62.4 Å². The van der Waals surface area contributed by atoms with Crippen molar-refractivity contribution < 1.29 is 14.8 Å². The Hall–Kier alpha value is -3.38.